The lowest BCUT2D eigenvalue weighted by molar-refractivity contribution is -0.177. The van der Waals surface area contributed by atoms with Gasteiger partial charge in [-0.2, -0.15) is 0 Å². The molecule has 1 aliphatic heterocycles. The van der Waals surface area contributed by atoms with Crippen LogP contribution in [0, 0.1) is 0 Å². The van der Waals surface area contributed by atoms with Gasteiger partial charge in [0.2, 0.25) is 0 Å². The number of carboxylic acid groups (broad SMARTS) is 1. The van der Waals surface area contributed by atoms with Crippen molar-refractivity contribution in [2.24, 2.45) is 0 Å². The van der Waals surface area contributed by atoms with E-state index in [4.69, 9.17) is 19.3 Å². The van der Waals surface area contributed by atoms with E-state index in [-0.39, 0.29) is 12.7 Å². The second kappa shape index (κ2) is 6.18. The first-order chi connectivity index (χ1) is 7.58. The summed E-state index contributed by atoms with van der Waals surface area (Å²) in [5.74, 6) is -1.01. The molecule has 0 aromatic carbocycles. The molecule has 0 amide bonds. The SMILES string of the molecule is COCC(C)(OCC1CCCCO1)C(=O)O. The van der Waals surface area contributed by atoms with Crippen LogP contribution in [0.1, 0.15) is 26.2 Å². The maximum absolute atomic E-state index is 11.0. The highest BCUT2D eigenvalue weighted by Gasteiger charge is 2.35. The maximum Gasteiger partial charge on any atom is 0.338 e. The number of rotatable bonds is 6. The van der Waals surface area contributed by atoms with E-state index in [0.29, 0.717) is 6.61 Å². The van der Waals surface area contributed by atoms with E-state index in [0.717, 1.165) is 25.9 Å². The first-order valence-corrected chi connectivity index (χ1v) is 5.56. The Labute approximate surface area is 95.7 Å². The van der Waals surface area contributed by atoms with Gasteiger partial charge in [0.15, 0.2) is 5.60 Å². The maximum atomic E-state index is 11.0. The van der Waals surface area contributed by atoms with Crippen molar-refractivity contribution in [2.75, 3.05) is 26.9 Å². The van der Waals surface area contributed by atoms with Crippen molar-refractivity contribution in [3.05, 3.63) is 0 Å². The number of methoxy groups -OCH3 is 1. The highest BCUT2D eigenvalue weighted by atomic mass is 16.6. The summed E-state index contributed by atoms with van der Waals surface area (Å²) in [6.07, 6.45) is 3.14. The summed E-state index contributed by atoms with van der Waals surface area (Å²) in [5.41, 5.74) is -1.28. The molecule has 5 heteroatoms. The molecule has 1 fully saturated rings. The Morgan fingerprint density at radius 3 is 2.81 bits per heavy atom. The monoisotopic (exact) mass is 232 g/mol. The molecule has 0 spiro atoms. The van der Waals surface area contributed by atoms with Crippen LogP contribution in [0.5, 0.6) is 0 Å². The number of aliphatic carboxylic acids is 1. The summed E-state index contributed by atoms with van der Waals surface area (Å²) in [4.78, 5) is 11.0. The molecule has 1 aliphatic rings. The average molecular weight is 232 g/mol. The molecular weight excluding hydrogens is 212 g/mol. The van der Waals surface area contributed by atoms with E-state index >= 15 is 0 Å². The second-order valence-corrected chi connectivity index (χ2v) is 4.27. The van der Waals surface area contributed by atoms with Gasteiger partial charge in [0, 0.05) is 13.7 Å². The molecule has 5 nitrogen and oxygen atoms in total. The van der Waals surface area contributed by atoms with E-state index in [1.807, 2.05) is 0 Å². The third kappa shape index (κ3) is 3.73. The number of carboxylic acids is 1. The highest BCUT2D eigenvalue weighted by Crippen LogP contribution is 2.17. The van der Waals surface area contributed by atoms with Crippen LogP contribution in [0.25, 0.3) is 0 Å². The molecule has 0 aromatic heterocycles. The molecule has 1 heterocycles. The Morgan fingerprint density at radius 2 is 2.31 bits per heavy atom. The van der Waals surface area contributed by atoms with Crippen LogP contribution >= 0.6 is 0 Å². The van der Waals surface area contributed by atoms with E-state index in [1.165, 1.54) is 14.0 Å². The first-order valence-electron chi connectivity index (χ1n) is 5.56. The molecule has 1 N–H and O–H groups in total. The molecule has 0 saturated carbocycles. The fraction of sp³-hybridized carbons (Fsp3) is 0.909. The molecule has 0 aliphatic carbocycles. The topological polar surface area (TPSA) is 65.0 Å². The zero-order valence-electron chi connectivity index (χ0n) is 9.90. The van der Waals surface area contributed by atoms with Gasteiger partial charge in [-0.1, -0.05) is 0 Å². The van der Waals surface area contributed by atoms with E-state index in [2.05, 4.69) is 0 Å². The molecule has 0 aromatic rings. The molecular formula is C11H20O5. The number of hydrogen-bond donors (Lipinski definition) is 1. The molecule has 2 unspecified atom stereocenters. The predicted molar refractivity (Wildman–Crippen MR) is 57.5 cm³/mol. The van der Waals surface area contributed by atoms with Crippen molar-refractivity contribution in [2.45, 2.75) is 37.9 Å². The standard InChI is InChI=1S/C11H20O5/c1-11(8-14-2,10(12)13)16-7-9-5-3-4-6-15-9/h9H,3-8H2,1-2H3,(H,12,13). The Kier molecular flexibility index (Phi) is 5.18. The van der Waals surface area contributed by atoms with Crippen LogP contribution in [0.3, 0.4) is 0 Å². The summed E-state index contributed by atoms with van der Waals surface area (Å²) < 4.78 is 15.8. The first kappa shape index (κ1) is 13.4. The Hall–Kier alpha value is -0.650. The number of carbonyl (C=O) groups is 1. The summed E-state index contributed by atoms with van der Waals surface area (Å²) in [6, 6.07) is 0. The Balaban J connectivity index is 2.39. The Bertz CT molecular complexity index is 224. The largest absolute Gasteiger partial charge is 0.479 e. The van der Waals surface area contributed by atoms with Gasteiger partial charge in [0.1, 0.15) is 0 Å². The lowest BCUT2D eigenvalue weighted by Gasteiger charge is -2.29. The summed E-state index contributed by atoms with van der Waals surface area (Å²) in [6.45, 7) is 2.60. The molecule has 2 atom stereocenters. The van der Waals surface area contributed by atoms with Crippen molar-refractivity contribution in [1.82, 2.24) is 0 Å². The zero-order chi connectivity index (χ0) is 12.0. The molecule has 1 rings (SSSR count). The van der Waals surface area contributed by atoms with Gasteiger partial charge in [-0.05, 0) is 26.2 Å². The molecule has 16 heavy (non-hydrogen) atoms. The van der Waals surface area contributed by atoms with Crippen LogP contribution in [0.2, 0.25) is 0 Å². The van der Waals surface area contributed by atoms with Gasteiger partial charge in [-0.15, -0.1) is 0 Å². The predicted octanol–water partition coefficient (Wildman–Crippen LogP) is 1.06. The molecule has 0 bridgehead atoms. The Morgan fingerprint density at radius 1 is 1.56 bits per heavy atom. The van der Waals surface area contributed by atoms with Gasteiger partial charge in [-0.3, -0.25) is 0 Å². The fourth-order valence-corrected chi connectivity index (χ4v) is 1.66. The normalized spacial score (nSPS) is 25.0. The lowest BCUT2D eigenvalue weighted by atomic mass is 10.1. The van der Waals surface area contributed by atoms with Crippen molar-refractivity contribution in [1.29, 1.82) is 0 Å². The minimum atomic E-state index is -1.28. The van der Waals surface area contributed by atoms with Gasteiger partial charge in [0.05, 0.1) is 19.3 Å². The van der Waals surface area contributed by atoms with Crippen molar-refractivity contribution >= 4 is 5.97 Å². The molecule has 94 valence electrons. The second-order valence-electron chi connectivity index (χ2n) is 4.27. The third-order valence-electron chi connectivity index (χ3n) is 2.73. The summed E-state index contributed by atoms with van der Waals surface area (Å²) >= 11 is 0. The molecule has 1 saturated heterocycles. The zero-order valence-corrected chi connectivity index (χ0v) is 9.90. The van der Waals surface area contributed by atoms with E-state index in [1.54, 1.807) is 0 Å². The van der Waals surface area contributed by atoms with Gasteiger partial charge < -0.3 is 19.3 Å². The third-order valence-corrected chi connectivity index (χ3v) is 2.73. The highest BCUT2D eigenvalue weighted by molar-refractivity contribution is 5.77. The van der Waals surface area contributed by atoms with Crippen LogP contribution in [0.4, 0.5) is 0 Å². The average Bonchev–Trinajstić information content (AvgIpc) is 2.28. The van der Waals surface area contributed by atoms with Gasteiger partial charge >= 0.3 is 5.97 Å². The van der Waals surface area contributed by atoms with Crippen LogP contribution < -0.4 is 0 Å². The number of ether oxygens (including phenoxy) is 3. The minimum absolute atomic E-state index is 0.0179. The minimum Gasteiger partial charge on any atom is -0.479 e. The van der Waals surface area contributed by atoms with E-state index < -0.39 is 11.6 Å². The summed E-state index contributed by atoms with van der Waals surface area (Å²) in [7, 11) is 1.46. The smallest absolute Gasteiger partial charge is 0.338 e. The van der Waals surface area contributed by atoms with Crippen LogP contribution in [0.15, 0.2) is 0 Å². The number of hydrogen-bond acceptors (Lipinski definition) is 4. The summed E-state index contributed by atoms with van der Waals surface area (Å²) in [5, 5.41) is 9.05. The van der Waals surface area contributed by atoms with Crippen molar-refractivity contribution < 1.29 is 24.1 Å². The van der Waals surface area contributed by atoms with E-state index in [9.17, 15) is 4.79 Å². The van der Waals surface area contributed by atoms with Crippen LogP contribution in [-0.4, -0.2) is 49.7 Å². The quantitative estimate of drug-likeness (QED) is 0.741. The van der Waals surface area contributed by atoms with Gasteiger partial charge in [0.25, 0.3) is 0 Å². The van der Waals surface area contributed by atoms with Crippen LogP contribution in [-0.2, 0) is 19.0 Å². The molecule has 0 radical (unpaired) electrons. The van der Waals surface area contributed by atoms with Crippen molar-refractivity contribution in [3.63, 3.8) is 0 Å². The lowest BCUT2D eigenvalue weighted by Crippen LogP contribution is -2.45. The van der Waals surface area contributed by atoms with Gasteiger partial charge in [-0.25, -0.2) is 4.79 Å². The van der Waals surface area contributed by atoms with Crippen molar-refractivity contribution in [3.8, 4) is 0 Å². The fourth-order valence-electron chi connectivity index (χ4n) is 1.66.